The van der Waals surface area contributed by atoms with E-state index in [4.69, 9.17) is 0 Å². The fraction of sp³-hybridized carbons (Fsp3) is 0.750. The molecule has 0 fully saturated rings. The Hall–Kier alpha value is -1.38. The van der Waals surface area contributed by atoms with Gasteiger partial charge < -0.3 is 0 Å². The van der Waals surface area contributed by atoms with Gasteiger partial charge in [-0.15, -0.1) is 0 Å². The van der Waals surface area contributed by atoms with E-state index < -0.39 is 0 Å². The lowest BCUT2D eigenvalue weighted by molar-refractivity contribution is 0.0937. The largest absolute Gasteiger partial charge is 0.294 e. The highest BCUT2D eigenvalue weighted by molar-refractivity contribution is 5.96. The number of carbonyl (C=O) groups excluding carboxylic acids is 2. The highest BCUT2D eigenvalue weighted by Gasteiger charge is 2.08. The van der Waals surface area contributed by atoms with Crippen LogP contribution < -0.4 is 0 Å². The molecule has 0 bridgehead atoms. The number of carbonyl (C=O) groups is 2. The van der Waals surface area contributed by atoms with Gasteiger partial charge in [0.15, 0.2) is 5.78 Å². The molecule has 1 aromatic heterocycles. The van der Waals surface area contributed by atoms with Gasteiger partial charge in [-0.3, -0.25) is 14.2 Å². The highest BCUT2D eigenvalue weighted by Crippen LogP contribution is 2.14. The Kier molecular flexibility index (Phi) is 13.7. The van der Waals surface area contributed by atoms with Crippen LogP contribution in [0.5, 0.6) is 0 Å². The van der Waals surface area contributed by atoms with Crippen LogP contribution in [0.25, 0.3) is 0 Å². The number of ketones is 1. The molecular formula is C24H41NO2. The molecule has 3 nitrogen and oxygen atoms in total. The molecule has 0 spiro atoms. The van der Waals surface area contributed by atoms with E-state index in [-0.39, 0.29) is 11.7 Å². The van der Waals surface area contributed by atoms with Gasteiger partial charge in [0.25, 0.3) is 0 Å². The summed E-state index contributed by atoms with van der Waals surface area (Å²) in [5, 5.41) is 0. The van der Waals surface area contributed by atoms with Crippen LogP contribution in [0, 0.1) is 0 Å². The average molecular weight is 376 g/mol. The summed E-state index contributed by atoms with van der Waals surface area (Å²) in [5.41, 5.74) is 0.663. The molecule has 0 amide bonds. The van der Waals surface area contributed by atoms with Crippen molar-refractivity contribution in [1.29, 1.82) is 0 Å². The van der Waals surface area contributed by atoms with Crippen molar-refractivity contribution >= 4 is 11.7 Å². The maximum absolute atomic E-state index is 12.1. The molecule has 154 valence electrons. The predicted octanol–water partition coefficient (Wildman–Crippen LogP) is 7.59. The van der Waals surface area contributed by atoms with E-state index in [0.29, 0.717) is 12.0 Å². The van der Waals surface area contributed by atoms with Crippen molar-refractivity contribution in [3.63, 3.8) is 0 Å². The quantitative estimate of drug-likeness (QED) is 0.208. The average Bonchev–Trinajstić information content (AvgIpc) is 3.15. The van der Waals surface area contributed by atoms with Crippen LogP contribution in [0.3, 0.4) is 0 Å². The van der Waals surface area contributed by atoms with Crippen molar-refractivity contribution in [1.82, 2.24) is 4.57 Å². The minimum atomic E-state index is -0.0546. The Labute approximate surface area is 166 Å². The SMILES string of the molecule is CCCCCCCCCCCCCCCCCC(=O)c1ccn(C(C)=O)c1. The minimum Gasteiger partial charge on any atom is -0.294 e. The van der Waals surface area contributed by atoms with Gasteiger partial charge in [0.05, 0.1) is 0 Å². The third-order valence-corrected chi connectivity index (χ3v) is 5.39. The monoisotopic (exact) mass is 375 g/mol. The van der Waals surface area contributed by atoms with Crippen LogP contribution in [0.2, 0.25) is 0 Å². The van der Waals surface area contributed by atoms with Crippen LogP contribution in [-0.2, 0) is 0 Å². The standard InChI is InChI=1S/C24H41NO2/c1-3-4-5-6-7-8-9-10-11-12-13-14-15-16-17-18-24(27)23-19-20-25(21-23)22(2)26/h19-21H,3-18H2,1-2H3. The zero-order valence-electron chi connectivity index (χ0n) is 17.8. The molecule has 0 atom stereocenters. The Balaban J connectivity index is 1.86. The van der Waals surface area contributed by atoms with Crippen LogP contribution in [0.1, 0.15) is 132 Å². The normalized spacial score (nSPS) is 11.0. The second-order valence-corrected chi connectivity index (χ2v) is 7.95. The summed E-state index contributed by atoms with van der Waals surface area (Å²) in [6.07, 6.45) is 23.9. The molecule has 0 N–H and O–H groups in total. The van der Waals surface area contributed by atoms with Crippen molar-refractivity contribution in [2.45, 2.75) is 117 Å². The summed E-state index contributed by atoms with van der Waals surface area (Å²) in [6, 6.07) is 1.74. The molecule has 27 heavy (non-hydrogen) atoms. The molecule has 0 radical (unpaired) electrons. The summed E-state index contributed by atoms with van der Waals surface area (Å²) in [6.45, 7) is 3.78. The Morgan fingerprint density at radius 2 is 1.19 bits per heavy atom. The van der Waals surface area contributed by atoms with Gasteiger partial charge in [0, 0.05) is 31.3 Å². The Bertz CT molecular complexity index is 518. The molecule has 0 aliphatic carbocycles. The summed E-state index contributed by atoms with van der Waals surface area (Å²) >= 11 is 0. The van der Waals surface area contributed by atoms with E-state index in [2.05, 4.69) is 6.92 Å². The number of unbranched alkanes of at least 4 members (excludes halogenated alkanes) is 14. The lowest BCUT2D eigenvalue weighted by Crippen LogP contribution is -2.02. The molecule has 3 heteroatoms. The minimum absolute atomic E-state index is 0.0546. The van der Waals surface area contributed by atoms with E-state index in [1.54, 1.807) is 18.5 Å². The van der Waals surface area contributed by atoms with Crippen LogP contribution in [-0.4, -0.2) is 16.3 Å². The van der Waals surface area contributed by atoms with Crippen LogP contribution in [0.15, 0.2) is 18.5 Å². The van der Waals surface area contributed by atoms with Gasteiger partial charge in [-0.2, -0.15) is 0 Å². The molecule has 1 aromatic rings. The van der Waals surface area contributed by atoms with Gasteiger partial charge in [0.2, 0.25) is 5.91 Å². The maximum atomic E-state index is 12.1. The molecule has 0 aromatic carbocycles. The van der Waals surface area contributed by atoms with Gasteiger partial charge in [-0.05, 0) is 12.5 Å². The number of hydrogen-bond donors (Lipinski definition) is 0. The summed E-state index contributed by atoms with van der Waals surface area (Å²) < 4.78 is 1.47. The first-order valence-electron chi connectivity index (χ1n) is 11.4. The van der Waals surface area contributed by atoms with Crippen molar-refractivity contribution in [2.24, 2.45) is 0 Å². The first kappa shape index (κ1) is 23.7. The van der Waals surface area contributed by atoms with Crippen molar-refractivity contribution in [3.05, 3.63) is 24.0 Å². The highest BCUT2D eigenvalue weighted by atomic mass is 16.1. The van der Waals surface area contributed by atoms with E-state index in [1.807, 2.05) is 0 Å². The number of nitrogens with zero attached hydrogens (tertiary/aromatic N) is 1. The predicted molar refractivity (Wildman–Crippen MR) is 115 cm³/mol. The fourth-order valence-electron chi connectivity index (χ4n) is 3.56. The first-order chi connectivity index (χ1) is 13.1. The van der Waals surface area contributed by atoms with E-state index in [0.717, 1.165) is 12.8 Å². The zero-order valence-corrected chi connectivity index (χ0v) is 17.8. The van der Waals surface area contributed by atoms with E-state index in [9.17, 15) is 9.59 Å². The second kappa shape index (κ2) is 15.7. The summed E-state index contributed by atoms with van der Waals surface area (Å²) in [7, 11) is 0. The molecule has 0 aliphatic rings. The molecule has 0 saturated heterocycles. The topological polar surface area (TPSA) is 39.1 Å². The number of Topliss-reactive ketones (excluding diaryl/α,β-unsaturated/α-hetero) is 1. The molecule has 0 saturated carbocycles. The Morgan fingerprint density at radius 1 is 0.741 bits per heavy atom. The van der Waals surface area contributed by atoms with Gasteiger partial charge >= 0.3 is 0 Å². The fourth-order valence-corrected chi connectivity index (χ4v) is 3.56. The smallest absolute Gasteiger partial charge is 0.227 e. The third-order valence-electron chi connectivity index (χ3n) is 5.39. The molecule has 0 aliphatic heterocycles. The summed E-state index contributed by atoms with van der Waals surface area (Å²) in [5.74, 6) is 0.103. The van der Waals surface area contributed by atoms with Gasteiger partial charge in [-0.25, -0.2) is 0 Å². The maximum Gasteiger partial charge on any atom is 0.227 e. The molecule has 1 heterocycles. The summed E-state index contributed by atoms with van der Waals surface area (Å²) in [4.78, 5) is 23.3. The van der Waals surface area contributed by atoms with E-state index in [1.165, 1.54) is 95.0 Å². The Morgan fingerprint density at radius 3 is 1.59 bits per heavy atom. The lowest BCUT2D eigenvalue weighted by atomic mass is 10.0. The van der Waals surface area contributed by atoms with Crippen LogP contribution in [0.4, 0.5) is 0 Å². The van der Waals surface area contributed by atoms with Crippen molar-refractivity contribution in [3.8, 4) is 0 Å². The lowest BCUT2D eigenvalue weighted by Gasteiger charge is -2.03. The molecule has 1 rings (SSSR count). The second-order valence-electron chi connectivity index (χ2n) is 7.95. The molecule has 0 unspecified atom stereocenters. The third kappa shape index (κ3) is 11.8. The number of rotatable bonds is 17. The van der Waals surface area contributed by atoms with Gasteiger partial charge in [0.1, 0.15) is 0 Å². The number of hydrogen-bond acceptors (Lipinski definition) is 2. The van der Waals surface area contributed by atoms with Crippen LogP contribution >= 0.6 is 0 Å². The molecular weight excluding hydrogens is 334 g/mol. The number of aromatic nitrogens is 1. The van der Waals surface area contributed by atoms with E-state index >= 15 is 0 Å². The van der Waals surface area contributed by atoms with Crippen molar-refractivity contribution in [2.75, 3.05) is 0 Å². The van der Waals surface area contributed by atoms with Crippen molar-refractivity contribution < 1.29 is 9.59 Å². The van der Waals surface area contributed by atoms with Gasteiger partial charge in [-0.1, -0.05) is 96.8 Å². The zero-order chi connectivity index (χ0) is 19.7. The first-order valence-corrected chi connectivity index (χ1v) is 11.4.